The first kappa shape index (κ1) is 12.0. The molecule has 0 spiro atoms. The lowest BCUT2D eigenvalue weighted by atomic mass is 9.91. The van der Waals surface area contributed by atoms with Crippen LogP contribution in [0, 0.1) is 23.5 Å². The monoisotopic (exact) mass is 288 g/mol. The van der Waals surface area contributed by atoms with Crippen LogP contribution in [0.5, 0.6) is 0 Å². The van der Waals surface area contributed by atoms with E-state index in [9.17, 15) is 8.78 Å². The minimum Gasteiger partial charge on any atom is -0.204 e. The van der Waals surface area contributed by atoms with Crippen molar-refractivity contribution >= 4 is 15.9 Å². The van der Waals surface area contributed by atoms with Gasteiger partial charge in [-0.25, -0.2) is 8.78 Å². The lowest BCUT2D eigenvalue weighted by Crippen LogP contribution is -2.13. The van der Waals surface area contributed by atoms with Crippen molar-refractivity contribution in [3.8, 4) is 0 Å². The molecule has 1 aliphatic carbocycles. The van der Waals surface area contributed by atoms with Gasteiger partial charge in [-0.1, -0.05) is 28.9 Å². The van der Waals surface area contributed by atoms with E-state index in [2.05, 4.69) is 22.9 Å². The van der Waals surface area contributed by atoms with Crippen LogP contribution in [0.1, 0.15) is 25.3 Å². The highest BCUT2D eigenvalue weighted by molar-refractivity contribution is 9.09. The zero-order valence-electron chi connectivity index (χ0n) is 9.22. The Kier molecular flexibility index (Phi) is 3.63. The standard InChI is InChI=1S/C13H15BrF2/c1-8-10(3-4-11(8)14)6-9-2-5-12(15)13(16)7-9/h2,5,7-8,10-11H,3-4,6H2,1H3. The normalized spacial score (nSPS) is 29.6. The number of benzene rings is 1. The van der Waals surface area contributed by atoms with Crippen molar-refractivity contribution in [3.63, 3.8) is 0 Å². The van der Waals surface area contributed by atoms with E-state index in [0.29, 0.717) is 16.7 Å². The van der Waals surface area contributed by atoms with Crippen LogP contribution in [0.3, 0.4) is 0 Å². The summed E-state index contributed by atoms with van der Waals surface area (Å²) < 4.78 is 25.8. The van der Waals surface area contributed by atoms with Gasteiger partial charge in [0.05, 0.1) is 0 Å². The fourth-order valence-electron chi connectivity index (χ4n) is 2.45. The molecule has 88 valence electrons. The van der Waals surface area contributed by atoms with Gasteiger partial charge in [0, 0.05) is 4.83 Å². The van der Waals surface area contributed by atoms with Crippen molar-refractivity contribution < 1.29 is 8.78 Å². The molecule has 0 aliphatic heterocycles. The van der Waals surface area contributed by atoms with E-state index < -0.39 is 11.6 Å². The maximum Gasteiger partial charge on any atom is 0.159 e. The molecule has 3 atom stereocenters. The van der Waals surface area contributed by atoms with Gasteiger partial charge >= 0.3 is 0 Å². The van der Waals surface area contributed by atoms with E-state index in [1.54, 1.807) is 6.07 Å². The molecule has 0 amide bonds. The third kappa shape index (κ3) is 2.45. The Labute approximate surface area is 103 Å². The topological polar surface area (TPSA) is 0 Å². The van der Waals surface area contributed by atoms with Gasteiger partial charge < -0.3 is 0 Å². The molecule has 1 fully saturated rings. The first-order chi connectivity index (χ1) is 7.58. The van der Waals surface area contributed by atoms with Crippen LogP contribution in [0.15, 0.2) is 18.2 Å². The summed E-state index contributed by atoms with van der Waals surface area (Å²) in [5.41, 5.74) is 0.900. The minimum atomic E-state index is -0.762. The first-order valence-electron chi connectivity index (χ1n) is 5.66. The number of halogens is 3. The molecule has 0 heterocycles. The van der Waals surface area contributed by atoms with Crippen molar-refractivity contribution in [1.29, 1.82) is 0 Å². The molecule has 16 heavy (non-hydrogen) atoms. The summed E-state index contributed by atoms with van der Waals surface area (Å²) in [5.74, 6) is -0.317. The Hall–Kier alpha value is -0.440. The molecule has 0 nitrogen and oxygen atoms in total. The number of rotatable bonds is 2. The van der Waals surface area contributed by atoms with Crippen LogP contribution >= 0.6 is 15.9 Å². The first-order valence-corrected chi connectivity index (χ1v) is 6.57. The molecule has 2 rings (SSSR count). The molecule has 0 aromatic heterocycles. The van der Waals surface area contributed by atoms with Crippen LogP contribution in [0.2, 0.25) is 0 Å². The SMILES string of the molecule is CC1C(Br)CCC1Cc1ccc(F)c(F)c1. The van der Waals surface area contributed by atoms with Gasteiger partial charge in [0.2, 0.25) is 0 Å². The third-order valence-electron chi connectivity index (χ3n) is 3.61. The van der Waals surface area contributed by atoms with Gasteiger partial charge in [0.25, 0.3) is 0 Å². The van der Waals surface area contributed by atoms with E-state index in [1.807, 2.05) is 0 Å². The fourth-order valence-corrected chi connectivity index (χ4v) is 3.15. The zero-order chi connectivity index (χ0) is 11.7. The summed E-state index contributed by atoms with van der Waals surface area (Å²) in [7, 11) is 0. The van der Waals surface area contributed by atoms with Crippen LogP contribution in [-0.4, -0.2) is 4.83 Å². The molecule has 0 bridgehead atoms. The van der Waals surface area contributed by atoms with Crippen LogP contribution in [0.25, 0.3) is 0 Å². The Morgan fingerprint density at radius 2 is 2.00 bits per heavy atom. The van der Waals surface area contributed by atoms with Crippen LogP contribution < -0.4 is 0 Å². The van der Waals surface area contributed by atoms with E-state index in [1.165, 1.54) is 18.6 Å². The van der Waals surface area contributed by atoms with Gasteiger partial charge in [0.15, 0.2) is 11.6 Å². The second kappa shape index (κ2) is 4.82. The number of alkyl halides is 1. The van der Waals surface area contributed by atoms with Gasteiger partial charge in [-0.05, 0) is 48.8 Å². The summed E-state index contributed by atoms with van der Waals surface area (Å²) in [6.07, 6.45) is 3.19. The smallest absolute Gasteiger partial charge is 0.159 e. The number of hydrogen-bond donors (Lipinski definition) is 0. The summed E-state index contributed by atoms with van der Waals surface area (Å²) in [6, 6.07) is 4.23. The van der Waals surface area contributed by atoms with Gasteiger partial charge in [-0.2, -0.15) is 0 Å². The molecule has 0 radical (unpaired) electrons. The zero-order valence-corrected chi connectivity index (χ0v) is 10.8. The Bertz CT molecular complexity index is 378. The van der Waals surface area contributed by atoms with Gasteiger partial charge in [-0.15, -0.1) is 0 Å². The lowest BCUT2D eigenvalue weighted by Gasteiger charge is -2.17. The van der Waals surface area contributed by atoms with Crippen molar-refractivity contribution in [1.82, 2.24) is 0 Å². The molecular weight excluding hydrogens is 274 g/mol. The Morgan fingerprint density at radius 1 is 1.25 bits per heavy atom. The maximum absolute atomic E-state index is 13.0. The van der Waals surface area contributed by atoms with Gasteiger partial charge in [0.1, 0.15) is 0 Å². The van der Waals surface area contributed by atoms with E-state index in [4.69, 9.17) is 0 Å². The molecule has 0 N–H and O–H groups in total. The molecule has 1 saturated carbocycles. The van der Waals surface area contributed by atoms with E-state index in [0.717, 1.165) is 18.4 Å². The predicted octanol–water partition coefficient (Wildman–Crippen LogP) is 4.32. The third-order valence-corrected chi connectivity index (χ3v) is 4.90. The molecular formula is C13H15BrF2. The Morgan fingerprint density at radius 3 is 2.56 bits per heavy atom. The maximum atomic E-state index is 13.0. The highest BCUT2D eigenvalue weighted by Crippen LogP contribution is 2.38. The van der Waals surface area contributed by atoms with Crippen LogP contribution in [0.4, 0.5) is 8.78 Å². The number of hydrogen-bond acceptors (Lipinski definition) is 0. The van der Waals surface area contributed by atoms with E-state index in [-0.39, 0.29) is 0 Å². The van der Waals surface area contributed by atoms with Crippen molar-refractivity contribution in [2.45, 2.75) is 31.0 Å². The highest BCUT2D eigenvalue weighted by atomic mass is 79.9. The summed E-state index contributed by atoms with van der Waals surface area (Å²) in [4.78, 5) is 0.572. The summed E-state index contributed by atoms with van der Waals surface area (Å²) in [6.45, 7) is 2.22. The Balaban J connectivity index is 2.07. The summed E-state index contributed by atoms with van der Waals surface area (Å²) >= 11 is 3.65. The molecule has 1 aromatic carbocycles. The van der Waals surface area contributed by atoms with Crippen LogP contribution in [-0.2, 0) is 6.42 Å². The average molecular weight is 289 g/mol. The fraction of sp³-hybridized carbons (Fsp3) is 0.538. The average Bonchev–Trinajstić information content (AvgIpc) is 2.55. The second-order valence-electron chi connectivity index (χ2n) is 4.67. The lowest BCUT2D eigenvalue weighted by molar-refractivity contribution is 0.421. The quantitative estimate of drug-likeness (QED) is 0.711. The largest absolute Gasteiger partial charge is 0.204 e. The van der Waals surface area contributed by atoms with Gasteiger partial charge in [-0.3, -0.25) is 0 Å². The highest BCUT2D eigenvalue weighted by Gasteiger charge is 2.30. The molecule has 3 unspecified atom stereocenters. The second-order valence-corrected chi connectivity index (χ2v) is 5.84. The van der Waals surface area contributed by atoms with E-state index >= 15 is 0 Å². The molecule has 1 aromatic rings. The predicted molar refractivity (Wildman–Crippen MR) is 64.7 cm³/mol. The molecule has 1 aliphatic rings. The van der Waals surface area contributed by atoms with Crippen molar-refractivity contribution in [2.24, 2.45) is 11.8 Å². The molecule has 0 saturated heterocycles. The molecule has 3 heteroatoms. The van der Waals surface area contributed by atoms with Crippen molar-refractivity contribution in [2.75, 3.05) is 0 Å². The minimum absolute atomic E-state index is 0.572. The summed E-state index contributed by atoms with van der Waals surface area (Å²) in [5, 5.41) is 0. The van der Waals surface area contributed by atoms with Crippen molar-refractivity contribution in [3.05, 3.63) is 35.4 Å².